The standard InChI is InChI=1S/C9H14/c1-5-7-9(4)8(3)6-2/h1,6,8-9H,2,7H2,3-4H3. The summed E-state index contributed by atoms with van der Waals surface area (Å²) < 4.78 is 0. The molecular weight excluding hydrogens is 108 g/mol. The minimum atomic E-state index is 0.543. The minimum Gasteiger partial charge on any atom is -0.120 e. The summed E-state index contributed by atoms with van der Waals surface area (Å²) in [5.41, 5.74) is 0. The molecule has 0 fully saturated rings. The van der Waals surface area contributed by atoms with Crippen molar-refractivity contribution >= 4 is 0 Å². The molecule has 50 valence electrons. The summed E-state index contributed by atoms with van der Waals surface area (Å²) in [5, 5.41) is 0. The fourth-order valence-electron chi connectivity index (χ4n) is 0.604. The van der Waals surface area contributed by atoms with Crippen molar-refractivity contribution in [2.45, 2.75) is 20.3 Å². The van der Waals surface area contributed by atoms with Gasteiger partial charge in [0.1, 0.15) is 0 Å². The van der Waals surface area contributed by atoms with Crippen LogP contribution in [0.2, 0.25) is 0 Å². The van der Waals surface area contributed by atoms with E-state index in [4.69, 9.17) is 6.42 Å². The van der Waals surface area contributed by atoms with Gasteiger partial charge in [-0.3, -0.25) is 0 Å². The molecule has 0 aromatic carbocycles. The van der Waals surface area contributed by atoms with Crippen LogP contribution in [0.25, 0.3) is 0 Å². The van der Waals surface area contributed by atoms with Crippen LogP contribution in [0, 0.1) is 24.2 Å². The fourth-order valence-corrected chi connectivity index (χ4v) is 0.604. The predicted octanol–water partition coefficient (Wildman–Crippen LogP) is 2.47. The van der Waals surface area contributed by atoms with Gasteiger partial charge in [0.2, 0.25) is 0 Å². The zero-order valence-corrected chi connectivity index (χ0v) is 6.22. The monoisotopic (exact) mass is 122 g/mol. The van der Waals surface area contributed by atoms with E-state index in [9.17, 15) is 0 Å². The molecule has 0 saturated heterocycles. The number of hydrogen-bond donors (Lipinski definition) is 0. The summed E-state index contributed by atoms with van der Waals surface area (Å²) in [5.74, 6) is 3.75. The zero-order valence-electron chi connectivity index (χ0n) is 6.22. The maximum absolute atomic E-state index is 5.14. The first-order valence-electron chi connectivity index (χ1n) is 3.28. The Kier molecular flexibility index (Phi) is 3.88. The Balaban J connectivity index is 3.60. The molecule has 0 bridgehead atoms. The molecule has 0 nitrogen and oxygen atoms in total. The molecule has 0 aliphatic rings. The van der Waals surface area contributed by atoms with Crippen molar-refractivity contribution in [3.63, 3.8) is 0 Å². The Hall–Kier alpha value is -0.700. The first kappa shape index (κ1) is 8.30. The summed E-state index contributed by atoms with van der Waals surface area (Å²) in [4.78, 5) is 0. The van der Waals surface area contributed by atoms with Crippen LogP contribution in [0.3, 0.4) is 0 Å². The van der Waals surface area contributed by atoms with E-state index in [1.54, 1.807) is 0 Å². The molecule has 0 rings (SSSR count). The largest absolute Gasteiger partial charge is 0.120 e. The van der Waals surface area contributed by atoms with Gasteiger partial charge in [0, 0.05) is 6.42 Å². The lowest BCUT2D eigenvalue weighted by Gasteiger charge is -2.11. The molecule has 0 saturated carbocycles. The number of hydrogen-bond acceptors (Lipinski definition) is 0. The first-order chi connectivity index (χ1) is 4.22. The van der Waals surface area contributed by atoms with Crippen LogP contribution < -0.4 is 0 Å². The summed E-state index contributed by atoms with van der Waals surface area (Å²) in [6.07, 6.45) is 7.94. The van der Waals surface area contributed by atoms with E-state index < -0.39 is 0 Å². The maximum Gasteiger partial charge on any atom is 0.0117 e. The molecule has 0 aliphatic heterocycles. The second kappa shape index (κ2) is 4.21. The third kappa shape index (κ3) is 2.98. The topological polar surface area (TPSA) is 0 Å². The Bertz CT molecular complexity index is 116. The lowest BCUT2D eigenvalue weighted by molar-refractivity contribution is 0.472. The van der Waals surface area contributed by atoms with Gasteiger partial charge in [-0.05, 0) is 11.8 Å². The quantitative estimate of drug-likeness (QED) is 0.398. The van der Waals surface area contributed by atoms with Gasteiger partial charge in [-0.15, -0.1) is 18.9 Å². The van der Waals surface area contributed by atoms with E-state index in [0.29, 0.717) is 11.8 Å². The van der Waals surface area contributed by atoms with Gasteiger partial charge in [0.05, 0.1) is 0 Å². The van der Waals surface area contributed by atoms with Crippen molar-refractivity contribution in [2.75, 3.05) is 0 Å². The van der Waals surface area contributed by atoms with E-state index in [-0.39, 0.29) is 0 Å². The SMILES string of the molecule is C#CCC(C)C(C)C=C. The number of terminal acetylenes is 1. The van der Waals surface area contributed by atoms with Gasteiger partial charge in [-0.2, -0.15) is 0 Å². The average molecular weight is 122 g/mol. The third-order valence-electron chi connectivity index (χ3n) is 1.71. The molecule has 0 amide bonds. The van der Waals surface area contributed by atoms with Crippen molar-refractivity contribution in [3.8, 4) is 12.3 Å². The Labute approximate surface area is 58.0 Å². The zero-order chi connectivity index (χ0) is 7.28. The smallest absolute Gasteiger partial charge is 0.0117 e. The average Bonchev–Trinajstić information content (AvgIpc) is 1.87. The molecule has 0 radical (unpaired) electrons. The van der Waals surface area contributed by atoms with Gasteiger partial charge in [-0.25, -0.2) is 0 Å². The lowest BCUT2D eigenvalue weighted by Crippen LogP contribution is -2.02. The summed E-state index contributed by atoms with van der Waals surface area (Å²) in [6, 6.07) is 0. The second-order valence-corrected chi connectivity index (χ2v) is 2.48. The minimum absolute atomic E-state index is 0.543. The van der Waals surface area contributed by atoms with Gasteiger partial charge in [0.15, 0.2) is 0 Å². The maximum atomic E-state index is 5.14. The van der Waals surface area contributed by atoms with Gasteiger partial charge >= 0.3 is 0 Å². The molecule has 0 heteroatoms. The molecule has 9 heavy (non-hydrogen) atoms. The lowest BCUT2D eigenvalue weighted by atomic mass is 9.94. The summed E-state index contributed by atoms with van der Waals surface area (Å²) >= 11 is 0. The van der Waals surface area contributed by atoms with Crippen LogP contribution in [0.5, 0.6) is 0 Å². The van der Waals surface area contributed by atoms with E-state index in [0.717, 1.165) is 6.42 Å². The van der Waals surface area contributed by atoms with Crippen molar-refractivity contribution in [1.29, 1.82) is 0 Å². The number of rotatable bonds is 3. The molecule has 2 atom stereocenters. The van der Waals surface area contributed by atoms with Gasteiger partial charge in [0.25, 0.3) is 0 Å². The molecule has 0 aromatic heterocycles. The van der Waals surface area contributed by atoms with Crippen LogP contribution in [0.15, 0.2) is 12.7 Å². The van der Waals surface area contributed by atoms with Crippen molar-refractivity contribution in [3.05, 3.63) is 12.7 Å². The van der Waals surface area contributed by atoms with E-state index >= 15 is 0 Å². The van der Waals surface area contributed by atoms with Gasteiger partial charge < -0.3 is 0 Å². The van der Waals surface area contributed by atoms with Crippen LogP contribution in [-0.4, -0.2) is 0 Å². The molecule has 0 aromatic rings. The molecule has 0 N–H and O–H groups in total. The molecule has 0 aliphatic carbocycles. The number of allylic oxidation sites excluding steroid dienone is 1. The second-order valence-electron chi connectivity index (χ2n) is 2.48. The van der Waals surface area contributed by atoms with Crippen LogP contribution >= 0.6 is 0 Å². The Morgan fingerprint density at radius 2 is 2.22 bits per heavy atom. The summed E-state index contributed by atoms with van der Waals surface area (Å²) in [6.45, 7) is 7.97. The summed E-state index contributed by atoms with van der Waals surface area (Å²) in [7, 11) is 0. The highest BCUT2D eigenvalue weighted by atomic mass is 14.1. The highest BCUT2D eigenvalue weighted by Crippen LogP contribution is 2.14. The third-order valence-corrected chi connectivity index (χ3v) is 1.71. The molecule has 0 spiro atoms. The van der Waals surface area contributed by atoms with Crippen molar-refractivity contribution in [2.24, 2.45) is 11.8 Å². The van der Waals surface area contributed by atoms with Crippen molar-refractivity contribution < 1.29 is 0 Å². The molecule has 2 unspecified atom stereocenters. The molecular formula is C9H14. The Morgan fingerprint density at radius 1 is 1.67 bits per heavy atom. The Morgan fingerprint density at radius 3 is 2.56 bits per heavy atom. The van der Waals surface area contributed by atoms with E-state index in [2.05, 4.69) is 26.3 Å². The highest BCUT2D eigenvalue weighted by molar-refractivity contribution is 4.90. The van der Waals surface area contributed by atoms with Crippen LogP contribution in [-0.2, 0) is 0 Å². The van der Waals surface area contributed by atoms with Crippen molar-refractivity contribution in [1.82, 2.24) is 0 Å². The van der Waals surface area contributed by atoms with E-state index in [1.807, 2.05) is 6.08 Å². The van der Waals surface area contributed by atoms with E-state index in [1.165, 1.54) is 0 Å². The highest BCUT2D eigenvalue weighted by Gasteiger charge is 2.05. The van der Waals surface area contributed by atoms with Gasteiger partial charge in [-0.1, -0.05) is 19.9 Å². The predicted molar refractivity (Wildman–Crippen MR) is 42.0 cm³/mol. The molecule has 0 heterocycles. The normalized spacial score (nSPS) is 15.7. The fraction of sp³-hybridized carbons (Fsp3) is 0.556. The first-order valence-corrected chi connectivity index (χ1v) is 3.28. The van der Waals surface area contributed by atoms with Crippen LogP contribution in [0.1, 0.15) is 20.3 Å². The van der Waals surface area contributed by atoms with Crippen LogP contribution in [0.4, 0.5) is 0 Å².